The van der Waals surface area contributed by atoms with E-state index in [1.54, 1.807) is 7.11 Å². The number of rotatable bonds is 6. The van der Waals surface area contributed by atoms with Crippen LogP contribution >= 0.6 is 0 Å². The van der Waals surface area contributed by atoms with Gasteiger partial charge in [-0.1, -0.05) is 48.4 Å². The molecule has 0 bridgehead atoms. The number of terminal acetylenes is 1. The van der Waals surface area contributed by atoms with Crippen molar-refractivity contribution < 1.29 is 9.84 Å². The third-order valence-electron chi connectivity index (χ3n) is 5.93. The molecule has 3 heteroatoms. The monoisotopic (exact) mass is 363 g/mol. The van der Waals surface area contributed by atoms with Crippen molar-refractivity contribution in [1.29, 1.82) is 0 Å². The van der Waals surface area contributed by atoms with Gasteiger partial charge in [-0.15, -0.1) is 6.42 Å². The smallest absolute Gasteiger partial charge is 0.119 e. The lowest BCUT2D eigenvalue weighted by Gasteiger charge is -2.44. The van der Waals surface area contributed by atoms with Gasteiger partial charge >= 0.3 is 0 Å². The van der Waals surface area contributed by atoms with Crippen LogP contribution < -0.4 is 4.74 Å². The molecule has 3 atom stereocenters. The molecule has 3 rings (SSSR count). The Hall–Kier alpha value is -2.28. The molecule has 0 saturated heterocycles. The van der Waals surface area contributed by atoms with Crippen molar-refractivity contribution in [2.24, 2.45) is 11.3 Å². The second-order valence-corrected chi connectivity index (χ2v) is 7.89. The Morgan fingerprint density at radius 3 is 2.56 bits per heavy atom. The second kappa shape index (κ2) is 7.76. The van der Waals surface area contributed by atoms with Crippen LogP contribution in [0.2, 0.25) is 0 Å². The molecule has 142 valence electrons. The maximum absolute atomic E-state index is 12.2. The van der Waals surface area contributed by atoms with Crippen LogP contribution in [0.15, 0.2) is 54.6 Å². The van der Waals surface area contributed by atoms with E-state index in [-0.39, 0.29) is 5.92 Å². The summed E-state index contributed by atoms with van der Waals surface area (Å²) in [6.45, 7) is 0.656. The van der Waals surface area contributed by atoms with Gasteiger partial charge in [-0.25, -0.2) is 0 Å². The van der Waals surface area contributed by atoms with E-state index in [4.69, 9.17) is 11.2 Å². The fourth-order valence-electron chi connectivity index (χ4n) is 4.72. The lowest BCUT2D eigenvalue weighted by atomic mass is 9.66. The zero-order valence-corrected chi connectivity index (χ0v) is 16.5. The molecule has 0 aromatic heterocycles. The summed E-state index contributed by atoms with van der Waals surface area (Å²) in [6, 6.07) is 18.0. The predicted molar refractivity (Wildman–Crippen MR) is 110 cm³/mol. The van der Waals surface area contributed by atoms with E-state index in [1.807, 2.05) is 62.6 Å². The normalized spacial score (nSPS) is 27.5. The van der Waals surface area contributed by atoms with Crippen LogP contribution in [-0.4, -0.2) is 37.8 Å². The minimum atomic E-state index is -1.07. The van der Waals surface area contributed by atoms with Crippen LogP contribution in [0.5, 0.6) is 5.75 Å². The summed E-state index contributed by atoms with van der Waals surface area (Å²) < 4.78 is 5.37. The van der Waals surface area contributed by atoms with Crippen molar-refractivity contribution in [3.8, 4) is 18.1 Å². The first-order valence-corrected chi connectivity index (χ1v) is 9.48. The molecule has 0 amide bonds. The van der Waals surface area contributed by atoms with Gasteiger partial charge in [0.1, 0.15) is 11.4 Å². The van der Waals surface area contributed by atoms with Gasteiger partial charge in [-0.3, -0.25) is 0 Å². The van der Waals surface area contributed by atoms with Gasteiger partial charge in [-0.2, -0.15) is 0 Å². The number of nitrogens with zero attached hydrogens (tertiary/aromatic N) is 1. The number of aliphatic hydroxyl groups is 1. The SMILES string of the molecule is C#CC1(CN(C)C)CCC(Cc2cccc(OC)c2)C1(O)c1ccccc1. The van der Waals surface area contributed by atoms with Crippen molar-refractivity contribution in [3.05, 3.63) is 65.7 Å². The van der Waals surface area contributed by atoms with Crippen molar-refractivity contribution >= 4 is 0 Å². The molecule has 1 fully saturated rings. The molecule has 1 saturated carbocycles. The first-order chi connectivity index (χ1) is 12.9. The van der Waals surface area contributed by atoms with Gasteiger partial charge in [-0.05, 0) is 62.5 Å². The molecule has 3 nitrogen and oxygen atoms in total. The molecule has 1 aliphatic rings. The Bertz CT molecular complexity index is 811. The third kappa shape index (κ3) is 3.48. The zero-order valence-electron chi connectivity index (χ0n) is 16.5. The van der Waals surface area contributed by atoms with E-state index >= 15 is 0 Å². The summed E-state index contributed by atoms with van der Waals surface area (Å²) in [7, 11) is 5.70. The molecule has 0 radical (unpaired) electrons. The molecule has 0 aliphatic heterocycles. The summed E-state index contributed by atoms with van der Waals surface area (Å²) in [5.41, 5.74) is 0.388. The van der Waals surface area contributed by atoms with E-state index in [0.717, 1.165) is 36.1 Å². The Labute approximate surface area is 163 Å². The largest absolute Gasteiger partial charge is 0.497 e. The molecule has 0 heterocycles. The Morgan fingerprint density at radius 1 is 1.19 bits per heavy atom. The number of benzene rings is 2. The lowest BCUT2D eigenvalue weighted by molar-refractivity contribution is -0.0799. The zero-order chi connectivity index (χ0) is 19.5. The predicted octanol–water partition coefficient (Wildman–Crippen LogP) is 3.72. The molecule has 1 N–H and O–H groups in total. The fraction of sp³-hybridized carbons (Fsp3) is 0.417. The maximum atomic E-state index is 12.2. The highest BCUT2D eigenvalue weighted by molar-refractivity contribution is 5.36. The number of ether oxygens (including phenoxy) is 1. The fourth-order valence-corrected chi connectivity index (χ4v) is 4.72. The van der Waals surface area contributed by atoms with E-state index in [2.05, 4.69) is 16.9 Å². The first-order valence-electron chi connectivity index (χ1n) is 9.48. The molecule has 1 aliphatic carbocycles. The van der Waals surface area contributed by atoms with Gasteiger partial charge in [0, 0.05) is 6.54 Å². The lowest BCUT2D eigenvalue weighted by Crippen LogP contribution is -2.50. The van der Waals surface area contributed by atoms with Crippen LogP contribution in [0.25, 0.3) is 0 Å². The number of hydrogen-bond donors (Lipinski definition) is 1. The Morgan fingerprint density at radius 2 is 1.93 bits per heavy atom. The van der Waals surface area contributed by atoms with Crippen molar-refractivity contribution in [2.75, 3.05) is 27.7 Å². The van der Waals surface area contributed by atoms with Crippen LogP contribution in [-0.2, 0) is 12.0 Å². The summed E-state index contributed by atoms with van der Waals surface area (Å²) in [5, 5.41) is 12.2. The first kappa shape index (κ1) is 19.5. The summed E-state index contributed by atoms with van der Waals surface area (Å²) >= 11 is 0. The Balaban J connectivity index is 2.04. The molecule has 0 spiro atoms. The van der Waals surface area contributed by atoms with Crippen LogP contribution in [0.3, 0.4) is 0 Å². The van der Waals surface area contributed by atoms with E-state index in [0.29, 0.717) is 6.54 Å². The average Bonchev–Trinajstić information content (AvgIpc) is 2.95. The minimum Gasteiger partial charge on any atom is -0.497 e. The topological polar surface area (TPSA) is 32.7 Å². The molecular formula is C24H29NO2. The number of hydrogen-bond acceptors (Lipinski definition) is 3. The molecular weight excluding hydrogens is 334 g/mol. The standard InChI is InChI=1S/C24H29NO2/c1-5-23(18-25(2)3)15-14-21(16-19-10-9-13-22(17-19)27-4)24(23,26)20-11-7-6-8-12-20/h1,6-13,17,21,26H,14-16,18H2,2-4H3. The van der Waals surface area contributed by atoms with Gasteiger partial charge in [0.25, 0.3) is 0 Å². The Kier molecular flexibility index (Phi) is 5.60. The highest BCUT2D eigenvalue weighted by Gasteiger charge is 2.59. The molecule has 2 aromatic rings. The second-order valence-electron chi connectivity index (χ2n) is 7.89. The van der Waals surface area contributed by atoms with Gasteiger partial charge < -0.3 is 14.7 Å². The van der Waals surface area contributed by atoms with Crippen LogP contribution in [0.1, 0.15) is 24.0 Å². The average molecular weight is 364 g/mol. The van der Waals surface area contributed by atoms with Gasteiger partial charge in [0.05, 0.1) is 12.5 Å². The van der Waals surface area contributed by atoms with Crippen molar-refractivity contribution in [2.45, 2.75) is 24.9 Å². The summed E-state index contributed by atoms with van der Waals surface area (Å²) in [4.78, 5) is 2.09. The van der Waals surface area contributed by atoms with Gasteiger partial charge in [0.2, 0.25) is 0 Å². The number of methoxy groups -OCH3 is 1. The van der Waals surface area contributed by atoms with Crippen molar-refractivity contribution in [1.82, 2.24) is 4.90 Å². The quantitative estimate of drug-likeness (QED) is 0.794. The maximum Gasteiger partial charge on any atom is 0.119 e. The summed E-state index contributed by atoms with van der Waals surface area (Å²) in [5.74, 6) is 3.90. The van der Waals surface area contributed by atoms with Gasteiger partial charge in [0.15, 0.2) is 0 Å². The van der Waals surface area contributed by atoms with Crippen LogP contribution in [0.4, 0.5) is 0 Å². The van der Waals surface area contributed by atoms with E-state index < -0.39 is 11.0 Å². The van der Waals surface area contributed by atoms with Crippen LogP contribution in [0, 0.1) is 23.7 Å². The minimum absolute atomic E-state index is 0.0445. The molecule has 3 unspecified atom stereocenters. The van der Waals surface area contributed by atoms with E-state index in [1.165, 1.54) is 0 Å². The van der Waals surface area contributed by atoms with Crippen molar-refractivity contribution in [3.63, 3.8) is 0 Å². The molecule has 2 aromatic carbocycles. The highest BCUT2D eigenvalue weighted by atomic mass is 16.5. The summed E-state index contributed by atoms with van der Waals surface area (Å²) in [6.07, 6.45) is 8.53. The van der Waals surface area contributed by atoms with E-state index in [9.17, 15) is 5.11 Å². The molecule has 27 heavy (non-hydrogen) atoms. The highest BCUT2D eigenvalue weighted by Crippen LogP contribution is 2.56. The third-order valence-corrected chi connectivity index (χ3v) is 5.93.